The Balaban J connectivity index is 1.88. The maximum Gasteiger partial charge on any atom is 0.326 e. The van der Waals surface area contributed by atoms with Crippen molar-refractivity contribution < 1.29 is 34.2 Å². The number of carboxylic acids is 2. The molecule has 0 bridgehead atoms. The Morgan fingerprint density at radius 1 is 0.919 bits per heavy atom. The summed E-state index contributed by atoms with van der Waals surface area (Å²) < 4.78 is 0. The van der Waals surface area contributed by atoms with Crippen LogP contribution in [0.4, 0.5) is 0 Å². The number of piperidine rings is 1. The quantitative estimate of drug-likeness (QED) is 0.215. The third kappa shape index (κ3) is 11.5. The Bertz CT molecular complexity index is 779. The van der Waals surface area contributed by atoms with Gasteiger partial charge in [0.15, 0.2) is 0 Å². The number of carboxylic acid groups (broad SMARTS) is 2. The second kappa shape index (κ2) is 16.2. The molecule has 210 valence electrons. The van der Waals surface area contributed by atoms with Crippen LogP contribution in [0.25, 0.3) is 0 Å². The molecule has 0 radical (unpaired) electrons. The first-order valence-corrected chi connectivity index (χ1v) is 13.7. The molecule has 2 aliphatic rings. The Labute approximate surface area is 219 Å². The minimum Gasteiger partial charge on any atom is -0.481 e. The Hall–Kier alpha value is -2.69. The van der Waals surface area contributed by atoms with E-state index >= 15 is 0 Å². The molecule has 1 saturated carbocycles. The summed E-state index contributed by atoms with van der Waals surface area (Å²) in [5, 5.41) is 27.0. The van der Waals surface area contributed by atoms with E-state index in [0.29, 0.717) is 18.9 Å². The maximum absolute atomic E-state index is 12.8. The summed E-state index contributed by atoms with van der Waals surface area (Å²) in [5.41, 5.74) is 0. The topological polar surface area (TPSA) is 165 Å². The molecule has 2 atom stereocenters. The van der Waals surface area contributed by atoms with Gasteiger partial charge in [0, 0.05) is 13.0 Å². The molecule has 11 nitrogen and oxygen atoms in total. The number of nitrogens with zero attached hydrogens (tertiary/aromatic N) is 1. The molecule has 37 heavy (non-hydrogen) atoms. The Morgan fingerprint density at radius 3 is 2.19 bits per heavy atom. The predicted octanol–water partition coefficient (Wildman–Crippen LogP) is 1.50. The fourth-order valence-electron chi connectivity index (χ4n) is 5.29. The molecular weight excluding hydrogens is 480 g/mol. The third-order valence-corrected chi connectivity index (χ3v) is 7.47. The number of carbonyl (C=O) groups excluding carboxylic acids is 3. The number of aliphatic carboxylic acids is 2. The van der Waals surface area contributed by atoms with Gasteiger partial charge in [-0.2, -0.15) is 0 Å². The highest BCUT2D eigenvalue weighted by atomic mass is 16.4. The Morgan fingerprint density at radius 2 is 1.59 bits per heavy atom. The summed E-state index contributed by atoms with van der Waals surface area (Å²) in [6.07, 6.45) is 8.76. The minimum atomic E-state index is -1.44. The molecule has 0 aromatic rings. The van der Waals surface area contributed by atoms with Gasteiger partial charge in [-0.25, -0.2) is 4.79 Å². The third-order valence-electron chi connectivity index (χ3n) is 7.47. The van der Waals surface area contributed by atoms with Gasteiger partial charge in [-0.3, -0.25) is 19.2 Å². The average Bonchev–Trinajstić information content (AvgIpc) is 2.87. The SMILES string of the molecule is CCN(CC(=O)N[C@@H](CC(=O)O)C(=O)N[C@@H](CC1CCCCC1)C(=O)O)C(=O)CCCC1CCNCC1. The molecule has 3 amide bonds. The highest BCUT2D eigenvalue weighted by molar-refractivity contribution is 5.94. The maximum atomic E-state index is 12.8. The lowest BCUT2D eigenvalue weighted by Gasteiger charge is -2.27. The van der Waals surface area contributed by atoms with Crippen molar-refractivity contribution in [3.05, 3.63) is 0 Å². The first kappa shape index (κ1) is 30.5. The molecule has 1 saturated heterocycles. The molecule has 2 rings (SSSR count). The molecule has 1 heterocycles. The van der Waals surface area contributed by atoms with Gasteiger partial charge in [-0.15, -0.1) is 0 Å². The van der Waals surface area contributed by atoms with Crippen molar-refractivity contribution in [2.24, 2.45) is 11.8 Å². The minimum absolute atomic E-state index is 0.163. The lowest BCUT2D eigenvalue weighted by atomic mass is 9.85. The second-order valence-corrected chi connectivity index (χ2v) is 10.4. The zero-order valence-corrected chi connectivity index (χ0v) is 22.0. The summed E-state index contributed by atoms with van der Waals surface area (Å²) >= 11 is 0. The van der Waals surface area contributed by atoms with E-state index in [2.05, 4.69) is 16.0 Å². The smallest absolute Gasteiger partial charge is 0.326 e. The van der Waals surface area contributed by atoms with Crippen molar-refractivity contribution >= 4 is 29.7 Å². The van der Waals surface area contributed by atoms with Crippen LogP contribution in [-0.2, 0) is 24.0 Å². The lowest BCUT2D eigenvalue weighted by Crippen LogP contribution is -2.54. The molecular formula is C26H44N4O7. The van der Waals surface area contributed by atoms with E-state index in [0.717, 1.165) is 70.9 Å². The van der Waals surface area contributed by atoms with Gasteiger partial charge < -0.3 is 31.1 Å². The van der Waals surface area contributed by atoms with Crippen LogP contribution in [0, 0.1) is 11.8 Å². The number of amides is 3. The molecule has 2 fully saturated rings. The molecule has 0 spiro atoms. The standard InChI is InChI=1S/C26H44N4O7/c1-2-30(23(32)10-6-9-18-11-13-27-14-12-18)17-22(31)28-20(16-24(33)34)25(35)29-21(26(36)37)15-19-7-4-3-5-8-19/h18-21,27H,2-17H2,1H3,(H,28,31)(H,29,35)(H,33,34)(H,36,37)/t20-,21-/m0/s1. The van der Waals surface area contributed by atoms with Crippen LogP contribution in [0.5, 0.6) is 0 Å². The summed E-state index contributed by atoms with van der Waals surface area (Å²) in [6, 6.07) is -2.59. The number of hydrogen-bond donors (Lipinski definition) is 5. The van der Waals surface area contributed by atoms with Crippen LogP contribution >= 0.6 is 0 Å². The van der Waals surface area contributed by atoms with Crippen molar-refractivity contribution in [1.29, 1.82) is 0 Å². The van der Waals surface area contributed by atoms with Crippen molar-refractivity contribution in [3.8, 4) is 0 Å². The number of nitrogens with one attached hydrogen (secondary N) is 3. The van der Waals surface area contributed by atoms with Gasteiger partial charge in [0.1, 0.15) is 12.1 Å². The van der Waals surface area contributed by atoms with E-state index in [-0.39, 0.29) is 24.8 Å². The highest BCUT2D eigenvalue weighted by Crippen LogP contribution is 2.27. The van der Waals surface area contributed by atoms with Crippen molar-refractivity contribution in [2.75, 3.05) is 26.2 Å². The summed E-state index contributed by atoms with van der Waals surface area (Å²) in [4.78, 5) is 62.6. The van der Waals surface area contributed by atoms with Crippen LogP contribution < -0.4 is 16.0 Å². The molecule has 0 unspecified atom stereocenters. The van der Waals surface area contributed by atoms with Gasteiger partial charge in [0.2, 0.25) is 17.7 Å². The van der Waals surface area contributed by atoms with Gasteiger partial charge in [-0.1, -0.05) is 32.1 Å². The summed E-state index contributed by atoms with van der Waals surface area (Å²) in [7, 11) is 0. The Kier molecular flexibility index (Phi) is 13.4. The molecule has 1 aliphatic heterocycles. The van der Waals surface area contributed by atoms with Crippen LogP contribution in [0.3, 0.4) is 0 Å². The van der Waals surface area contributed by atoms with E-state index in [4.69, 9.17) is 0 Å². The molecule has 0 aromatic heterocycles. The predicted molar refractivity (Wildman–Crippen MR) is 137 cm³/mol. The first-order valence-electron chi connectivity index (χ1n) is 13.7. The van der Waals surface area contributed by atoms with Crippen LogP contribution in [0.15, 0.2) is 0 Å². The molecule has 5 N–H and O–H groups in total. The summed E-state index contributed by atoms with van der Waals surface area (Å²) in [5.74, 6) is -3.38. The van der Waals surface area contributed by atoms with Gasteiger partial charge in [0.25, 0.3) is 0 Å². The number of rotatable bonds is 15. The number of hydrogen-bond acceptors (Lipinski definition) is 6. The largest absolute Gasteiger partial charge is 0.481 e. The van der Waals surface area contributed by atoms with Crippen molar-refractivity contribution in [3.63, 3.8) is 0 Å². The average molecular weight is 525 g/mol. The van der Waals surface area contributed by atoms with E-state index in [1.54, 1.807) is 6.92 Å². The summed E-state index contributed by atoms with van der Waals surface area (Å²) in [6.45, 7) is 3.76. The second-order valence-electron chi connectivity index (χ2n) is 10.4. The monoisotopic (exact) mass is 524 g/mol. The van der Waals surface area contributed by atoms with E-state index in [1.807, 2.05) is 0 Å². The molecule has 11 heteroatoms. The first-order chi connectivity index (χ1) is 17.7. The fourth-order valence-corrected chi connectivity index (χ4v) is 5.29. The van der Waals surface area contributed by atoms with Crippen LogP contribution in [-0.4, -0.2) is 83.0 Å². The zero-order chi connectivity index (χ0) is 27.2. The van der Waals surface area contributed by atoms with Crippen molar-refractivity contribution in [2.45, 2.75) is 96.1 Å². The van der Waals surface area contributed by atoms with Crippen LogP contribution in [0.1, 0.15) is 84.0 Å². The normalized spacial score (nSPS) is 18.4. The van der Waals surface area contributed by atoms with Crippen molar-refractivity contribution in [1.82, 2.24) is 20.9 Å². The van der Waals surface area contributed by atoms with E-state index < -0.39 is 42.3 Å². The molecule has 0 aromatic carbocycles. The van der Waals surface area contributed by atoms with Gasteiger partial charge in [-0.05, 0) is 64.0 Å². The molecule has 1 aliphatic carbocycles. The number of carbonyl (C=O) groups is 5. The lowest BCUT2D eigenvalue weighted by molar-refractivity contribution is -0.144. The van der Waals surface area contributed by atoms with Gasteiger partial charge >= 0.3 is 11.9 Å². The van der Waals surface area contributed by atoms with E-state index in [9.17, 15) is 34.2 Å². The highest BCUT2D eigenvalue weighted by Gasteiger charge is 2.31. The fraction of sp³-hybridized carbons (Fsp3) is 0.808. The number of likely N-dealkylation sites (N-methyl/N-ethyl adjacent to an activating group) is 1. The van der Waals surface area contributed by atoms with Gasteiger partial charge in [0.05, 0.1) is 13.0 Å². The van der Waals surface area contributed by atoms with E-state index in [1.165, 1.54) is 4.90 Å². The zero-order valence-electron chi connectivity index (χ0n) is 22.0. The van der Waals surface area contributed by atoms with Crippen LogP contribution in [0.2, 0.25) is 0 Å².